The van der Waals surface area contributed by atoms with Crippen LogP contribution in [-0.4, -0.2) is 21.0 Å². The quantitative estimate of drug-likeness (QED) is 0.722. The number of carboxylic acids is 1. The molecule has 0 aliphatic heterocycles. The van der Waals surface area contributed by atoms with E-state index in [1.165, 1.54) is 6.07 Å². The number of hydrogen-bond acceptors (Lipinski definition) is 4. The maximum atomic E-state index is 10.3. The van der Waals surface area contributed by atoms with Crippen LogP contribution in [0.1, 0.15) is 5.69 Å². The van der Waals surface area contributed by atoms with Gasteiger partial charge in [-0.3, -0.25) is 4.79 Å². The molecule has 0 radical (unpaired) electrons. The first-order valence-corrected chi connectivity index (χ1v) is 3.88. The zero-order valence-electron chi connectivity index (χ0n) is 5.99. The van der Waals surface area contributed by atoms with E-state index in [1.807, 2.05) is 0 Å². The molecule has 1 aromatic heterocycles. The Balaban J connectivity index is 2.93. The molecule has 12 heavy (non-hydrogen) atoms. The minimum atomic E-state index is -0.944. The molecule has 0 atom stereocenters. The van der Waals surface area contributed by atoms with Crippen molar-refractivity contribution in [1.82, 2.24) is 9.97 Å². The average molecular weight is 232 g/mol. The third-order valence-corrected chi connectivity index (χ3v) is 1.50. The lowest BCUT2D eigenvalue weighted by atomic mass is 10.3. The highest BCUT2D eigenvalue weighted by molar-refractivity contribution is 9.10. The second kappa shape index (κ2) is 3.48. The van der Waals surface area contributed by atoms with Crippen molar-refractivity contribution in [2.45, 2.75) is 6.42 Å². The van der Waals surface area contributed by atoms with Gasteiger partial charge in [0.1, 0.15) is 4.60 Å². The lowest BCUT2D eigenvalue weighted by Gasteiger charge is -1.98. The molecule has 0 amide bonds. The molecular weight excluding hydrogens is 226 g/mol. The summed E-state index contributed by atoms with van der Waals surface area (Å²) in [6.07, 6.45) is -0.148. The molecule has 0 saturated heterocycles. The fraction of sp³-hybridized carbons (Fsp3) is 0.167. The molecule has 0 bridgehead atoms. The third-order valence-electron chi connectivity index (χ3n) is 1.10. The van der Waals surface area contributed by atoms with Crippen molar-refractivity contribution in [3.8, 4) is 0 Å². The lowest BCUT2D eigenvalue weighted by Crippen LogP contribution is -2.05. The van der Waals surface area contributed by atoms with Crippen molar-refractivity contribution >= 4 is 27.8 Å². The molecule has 0 unspecified atom stereocenters. The predicted molar refractivity (Wildman–Crippen MR) is 45.5 cm³/mol. The number of carbonyl (C=O) groups is 1. The number of anilines is 1. The summed E-state index contributed by atoms with van der Waals surface area (Å²) >= 11 is 3.08. The Morgan fingerprint density at radius 1 is 1.67 bits per heavy atom. The van der Waals surface area contributed by atoms with Crippen molar-refractivity contribution in [3.63, 3.8) is 0 Å². The van der Waals surface area contributed by atoms with Crippen molar-refractivity contribution in [3.05, 3.63) is 16.4 Å². The van der Waals surface area contributed by atoms with Gasteiger partial charge in [0.05, 0.1) is 12.1 Å². The van der Waals surface area contributed by atoms with Crippen molar-refractivity contribution in [1.29, 1.82) is 0 Å². The van der Waals surface area contributed by atoms with E-state index >= 15 is 0 Å². The van der Waals surface area contributed by atoms with Gasteiger partial charge in [-0.05, 0) is 22.0 Å². The van der Waals surface area contributed by atoms with Crippen LogP contribution in [-0.2, 0) is 11.2 Å². The van der Waals surface area contributed by atoms with Gasteiger partial charge in [-0.15, -0.1) is 0 Å². The number of nitrogens with zero attached hydrogens (tertiary/aromatic N) is 2. The van der Waals surface area contributed by atoms with Crippen molar-refractivity contribution < 1.29 is 9.90 Å². The monoisotopic (exact) mass is 231 g/mol. The number of aromatic nitrogens is 2. The van der Waals surface area contributed by atoms with Gasteiger partial charge >= 0.3 is 5.97 Å². The van der Waals surface area contributed by atoms with E-state index in [2.05, 4.69) is 25.9 Å². The summed E-state index contributed by atoms with van der Waals surface area (Å²) < 4.78 is 0.492. The van der Waals surface area contributed by atoms with E-state index in [0.717, 1.165) is 0 Å². The van der Waals surface area contributed by atoms with Crippen LogP contribution in [0.2, 0.25) is 0 Å². The van der Waals surface area contributed by atoms with E-state index in [9.17, 15) is 4.79 Å². The summed E-state index contributed by atoms with van der Waals surface area (Å²) in [6, 6.07) is 1.52. The molecule has 0 aliphatic carbocycles. The van der Waals surface area contributed by atoms with Crippen LogP contribution in [0.3, 0.4) is 0 Å². The smallest absolute Gasteiger partial charge is 0.309 e. The Morgan fingerprint density at radius 3 is 2.83 bits per heavy atom. The van der Waals surface area contributed by atoms with Gasteiger partial charge in [0, 0.05) is 0 Å². The van der Waals surface area contributed by atoms with Crippen LogP contribution in [0, 0.1) is 0 Å². The number of rotatable bonds is 2. The van der Waals surface area contributed by atoms with Crippen LogP contribution in [0.15, 0.2) is 10.7 Å². The SMILES string of the molecule is Nc1nc(Br)cc(CC(=O)O)n1. The second-order valence-electron chi connectivity index (χ2n) is 2.11. The van der Waals surface area contributed by atoms with Gasteiger partial charge in [-0.1, -0.05) is 0 Å². The topological polar surface area (TPSA) is 89.1 Å². The zero-order chi connectivity index (χ0) is 9.14. The van der Waals surface area contributed by atoms with Gasteiger partial charge in [0.25, 0.3) is 0 Å². The molecular formula is C6H6BrN3O2. The first-order chi connectivity index (χ1) is 5.58. The first-order valence-electron chi connectivity index (χ1n) is 3.08. The van der Waals surface area contributed by atoms with Gasteiger partial charge in [0.15, 0.2) is 0 Å². The zero-order valence-corrected chi connectivity index (χ0v) is 7.58. The van der Waals surface area contributed by atoms with Gasteiger partial charge in [0.2, 0.25) is 5.95 Å². The fourth-order valence-corrected chi connectivity index (χ4v) is 1.18. The maximum absolute atomic E-state index is 10.3. The maximum Gasteiger partial charge on any atom is 0.309 e. The predicted octanol–water partition coefficient (Wildman–Crippen LogP) is 0.448. The van der Waals surface area contributed by atoms with Crippen molar-refractivity contribution in [2.24, 2.45) is 0 Å². The number of nitrogen functional groups attached to an aromatic ring is 1. The molecule has 5 nitrogen and oxygen atoms in total. The normalized spacial score (nSPS) is 9.75. The lowest BCUT2D eigenvalue weighted by molar-refractivity contribution is -0.136. The number of halogens is 1. The Labute approximate surface area is 76.8 Å². The van der Waals surface area contributed by atoms with Crippen molar-refractivity contribution in [2.75, 3.05) is 5.73 Å². The molecule has 6 heteroatoms. The van der Waals surface area contributed by atoms with Gasteiger partial charge in [-0.2, -0.15) is 0 Å². The van der Waals surface area contributed by atoms with E-state index < -0.39 is 5.97 Å². The Bertz CT molecular complexity index is 295. The molecule has 1 rings (SSSR count). The second-order valence-corrected chi connectivity index (χ2v) is 2.92. The summed E-state index contributed by atoms with van der Waals surface area (Å²) in [5, 5.41) is 8.43. The van der Waals surface area contributed by atoms with Crippen LogP contribution >= 0.6 is 15.9 Å². The standard InChI is InChI=1S/C6H6BrN3O2/c7-4-1-3(2-5(11)12)9-6(8)10-4/h1H,2H2,(H,11,12)(H2,8,9,10). The molecule has 3 N–H and O–H groups in total. The molecule has 1 heterocycles. The number of carboxylic acid groups (broad SMARTS) is 1. The Hall–Kier alpha value is -1.17. The van der Waals surface area contributed by atoms with Crippen LogP contribution in [0.4, 0.5) is 5.95 Å². The first kappa shape index (κ1) is 8.92. The van der Waals surface area contributed by atoms with E-state index in [1.54, 1.807) is 0 Å². The number of nitrogens with two attached hydrogens (primary N) is 1. The number of aliphatic carboxylic acids is 1. The van der Waals surface area contributed by atoms with Crippen LogP contribution in [0.5, 0.6) is 0 Å². The largest absolute Gasteiger partial charge is 0.481 e. The van der Waals surface area contributed by atoms with E-state index in [0.29, 0.717) is 10.3 Å². The Kier molecular flexibility index (Phi) is 2.59. The third kappa shape index (κ3) is 2.46. The molecule has 0 spiro atoms. The van der Waals surface area contributed by atoms with Gasteiger partial charge < -0.3 is 10.8 Å². The molecule has 0 aromatic carbocycles. The average Bonchev–Trinajstić information content (AvgIpc) is 1.81. The molecule has 1 aromatic rings. The highest BCUT2D eigenvalue weighted by Gasteiger charge is 2.04. The summed E-state index contributed by atoms with van der Waals surface area (Å²) in [5.41, 5.74) is 5.68. The summed E-state index contributed by atoms with van der Waals surface area (Å²) in [5.74, 6) is -0.874. The van der Waals surface area contributed by atoms with Gasteiger partial charge in [-0.25, -0.2) is 9.97 Å². The minimum absolute atomic E-state index is 0.0700. The van der Waals surface area contributed by atoms with E-state index in [4.69, 9.17) is 10.8 Å². The van der Waals surface area contributed by atoms with Crippen LogP contribution < -0.4 is 5.73 Å². The summed E-state index contributed by atoms with van der Waals surface area (Å²) in [6.45, 7) is 0. The molecule has 0 fully saturated rings. The summed E-state index contributed by atoms with van der Waals surface area (Å²) in [4.78, 5) is 17.7. The number of hydrogen-bond donors (Lipinski definition) is 2. The summed E-state index contributed by atoms with van der Waals surface area (Å²) in [7, 11) is 0. The van der Waals surface area contributed by atoms with E-state index in [-0.39, 0.29) is 12.4 Å². The molecule has 0 saturated carbocycles. The minimum Gasteiger partial charge on any atom is -0.481 e. The molecule has 0 aliphatic rings. The highest BCUT2D eigenvalue weighted by atomic mass is 79.9. The fourth-order valence-electron chi connectivity index (χ4n) is 0.729. The molecule has 64 valence electrons. The Morgan fingerprint density at radius 2 is 2.33 bits per heavy atom. The van der Waals surface area contributed by atoms with Crippen LogP contribution in [0.25, 0.3) is 0 Å². The highest BCUT2D eigenvalue weighted by Crippen LogP contribution is 2.09.